The molecular weight excluding hydrogens is 222 g/mol. The van der Waals surface area contributed by atoms with Gasteiger partial charge >= 0.3 is 0 Å². The van der Waals surface area contributed by atoms with E-state index in [1.807, 2.05) is 31.2 Å². The molecule has 1 aromatic rings. The average molecular weight is 239 g/mol. The van der Waals surface area contributed by atoms with Crippen molar-refractivity contribution in [1.82, 2.24) is 0 Å². The Balaban J connectivity index is 2.37. The van der Waals surface area contributed by atoms with Gasteiger partial charge in [0.2, 0.25) is 0 Å². The van der Waals surface area contributed by atoms with Crippen molar-refractivity contribution in [2.45, 2.75) is 30.6 Å². The highest BCUT2D eigenvalue weighted by molar-refractivity contribution is 7.92. The zero-order valence-electron chi connectivity index (χ0n) is 9.60. The van der Waals surface area contributed by atoms with Crippen LogP contribution < -0.4 is 5.73 Å². The summed E-state index contributed by atoms with van der Waals surface area (Å²) in [5, 5.41) is 0. The van der Waals surface area contributed by atoms with Gasteiger partial charge in [0.1, 0.15) is 0 Å². The molecule has 1 atom stereocenters. The summed E-state index contributed by atoms with van der Waals surface area (Å²) >= 11 is 0. The lowest BCUT2D eigenvalue weighted by Gasteiger charge is -2.14. The fraction of sp³-hybridized carbons (Fsp3) is 0.500. The van der Waals surface area contributed by atoms with Crippen LogP contribution in [0.25, 0.3) is 0 Å². The molecule has 0 aromatic heterocycles. The molecule has 4 heteroatoms. The molecule has 0 spiro atoms. The second-order valence-corrected chi connectivity index (χ2v) is 7.00. The van der Waals surface area contributed by atoms with Gasteiger partial charge in [0.05, 0.1) is 4.75 Å². The van der Waals surface area contributed by atoms with Crippen LogP contribution in [0.5, 0.6) is 0 Å². The second-order valence-electron chi connectivity index (χ2n) is 4.68. The molecule has 0 saturated heterocycles. The van der Waals surface area contributed by atoms with Gasteiger partial charge in [-0.15, -0.1) is 0 Å². The molecule has 1 saturated carbocycles. The van der Waals surface area contributed by atoms with Gasteiger partial charge in [-0.25, -0.2) is 8.42 Å². The summed E-state index contributed by atoms with van der Waals surface area (Å²) in [7, 11) is -3.01. The van der Waals surface area contributed by atoms with E-state index in [4.69, 9.17) is 5.73 Å². The lowest BCUT2D eigenvalue weighted by atomic mass is 10.0. The van der Waals surface area contributed by atoms with Crippen LogP contribution in [0.2, 0.25) is 0 Å². The van der Waals surface area contributed by atoms with Gasteiger partial charge in [-0.05, 0) is 30.9 Å². The predicted molar refractivity (Wildman–Crippen MR) is 64.8 cm³/mol. The topological polar surface area (TPSA) is 60.2 Å². The summed E-state index contributed by atoms with van der Waals surface area (Å²) in [5.41, 5.74) is 7.69. The number of nitrogens with two attached hydrogens (primary N) is 1. The zero-order valence-corrected chi connectivity index (χ0v) is 10.4. The van der Waals surface area contributed by atoms with Crippen molar-refractivity contribution in [3.8, 4) is 0 Å². The fourth-order valence-electron chi connectivity index (χ4n) is 2.08. The second kappa shape index (κ2) is 3.57. The van der Waals surface area contributed by atoms with E-state index in [1.54, 1.807) is 0 Å². The Bertz CT molecular complexity index is 484. The Morgan fingerprint density at radius 3 is 2.06 bits per heavy atom. The van der Waals surface area contributed by atoms with Gasteiger partial charge in [-0.1, -0.05) is 24.3 Å². The molecular formula is C12H17NO2S. The van der Waals surface area contributed by atoms with Crippen molar-refractivity contribution in [2.75, 3.05) is 6.26 Å². The van der Waals surface area contributed by atoms with Gasteiger partial charge < -0.3 is 5.73 Å². The van der Waals surface area contributed by atoms with Gasteiger partial charge in [0.25, 0.3) is 0 Å². The number of hydrogen-bond donors (Lipinski definition) is 1. The lowest BCUT2D eigenvalue weighted by molar-refractivity contribution is 0.586. The molecule has 1 aromatic carbocycles. The standard InChI is InChI=1S/C12H17NO2S/c1-9(13)10-3-5-11(6-4-10)12(7-8-12)16(2,14)15/h3-6,9H,7-8,13H2,1-2H3. The first-order valence-electron chi connectivity index (χ1n) is 5.42. The molecule has 1 aliphatic rings. The third-order valence-corrected chi connectivity index (χ3v) is 5.44. The SMILES string of the molecule is CC(N)c1ccc(C2(S(C)(=O)=O)CC2)cc1. The first kappa shape index (κ1) is 11.6. The van der Waals surface area contributed by atoms with Crippen molar-refractivity contribution < 1.29 is 8.42 Å². The molecule has 0 amide bonds. The van der Waals surface area contributed by atoms with E-state index in [1.165, 1.54) is 6.26 Å². The van der Waals surface area contributed by atoms with Crippen LogP contribution in [0.4, 0.5) is 0 Å². The highest BCUT2D eigenvalue weighted by Crippen LogP contribution is 2.52. The maximum atomic E-state index is 11.7. The molecule has 2 rings (SSSR count). The molecule has 16 heavy (non-hydrogen) atoms. The van der Waals surface area contributed by atoms with Crippen LogP contribution in [0.15, 0.2) is 24.3 Å². The van der Waals surface area contributed by atoms with Crippen LogP contribution in [-0.2, 0) is 14.6 Å². The highest BCUT2D eigenvalue weighted by atomic mass is 32.2. The molecule has 1 aliphatic carbocycles. The summed E-state index contributed by atoms with van der Waals surface area (Å²) in [6.07, 6.45) is 2.80. The van der Waals surface area contributed by atoms with Gasteiger partial charge in [0.15, 0.2) is 9.84 Å². The minimum absolute atomic E-state index is 0.0116. The minimum Gasteiger partial charge on any atom is -0.324 e. The Hall–Kier alpha value is -0.870. The maximum absolute atomic E-state index is 11.7. The molecule has 1 fully saturated rings. The largest absolute Gasteiger partial charge is 0.324 e. The van der Waals surface area contributed by atoms with Gasteiger partial charge in [-0.2, -0.15) is 0 Å². The van der Waals surface area contributed by atoms with Crippen LogP contribution in [0.1, 0.15) is 36.9 Å². The van der Waals surface area contributed by atoms with E-state index in [0.29, 0.717) is 0 Å². The predicted octanol–water partition coefficient (Wildman–Crippen LogP) is 1.74. The molecule has 1 unspecified atom stereocenters. The summed E-state index contributed by atoms with van der Waals surface area (Å²) < 4.78 is 22.8. The minimum atomic E-state index is -3.01. The number of hydrogen-bond acceptors (Lipinski definition) is 3. The summed E-state index contributed by atoms with van der Waals surface area (Å²) in [4.78, 5) is 0. The third-order valence-electron chi connectivity index (χ3n) is 3.38. The van der Waals surface area contributed by atoms with Crippen LogP contribution >= 0.6 is 0 Å². The Morgan fingerprint density at radius 2 is 1.75 bits per heavy atom. The van der Waals surface area contributed by atoms with Crippen LogP contribution in [0.3, 0.4) is 0 Å². The zero-order chi connectivity index (χ0) is 12.0. The van der Waals surface area contributed by atoms with Gasteiger partial charge in [-0.3, -0.25) is 0 Å². The number of benzene rings is 1. The molecule has 0 aliphatic heterocycles. The quantitative estimate of drug-likeness (QED) is 0.874. The van der Waals surface area contributed by atoms with Gasteiger partial charge in [0, 0.05) is 12.3 Å². The summed E-state index contributed by atoms with van der Waals surface area (Å²) in [6.45, 7) is 1.92. The maximum Gasteiger partial charge on any atom is 0.157 e. The van der Waals surface area contributed by atoms with E-state index in [0.717, 1.165) is 24.0 Å². The third kappa shape index (κ3) is 1.76. The molecule has 2 N–H and O–H groups in total. The summed E-state index contributed by atoms with van der Waals surface area (Å²) in [6, 6.07) is 7.62. The molecule has 88 valence electrons. The van der Waals surface area contributed by atoms with Crippen molar-refractivity contribution in [2.24, 2.45) is 5.73 Å². The Kier molecular flexibility index (Phi) is 2.59. The molecule has 0 heterocycles. The fourth-order valence-corrected chi connectivity index (χ4v) is 3.49. The lowest BCUT2D eigenvalue weighted by Crippen LogP contribution is -2.19. The molecule has 0 bridgehead atoms. The van der Waals surface area contributed by atoms with Crippen LogP contribution in [0, 0.1) is 0 Å². The first-order valence-corrected chi connectivity index (χ1v) is 7.31. The molecule has 0 radical (unpaired) electrons. The Labute approximate surface area is 96.6 Å². The van der Waals surface area contributed by atoms with Crippen molar-refractivity contribution >= 4 is 9.84 Å². The van der Waals surface area contributed by atoms with Crippen molar-refractivity contribution in [3.05, 3.63) is 35.4 Å². The molecule has 3 nitrogen and oxygen atoms in total. The van der Waals surface area contributed by atoms with Crippen LogP contribution in [-0.4, -0.2) is 14.7 Å². The number of rotatable bonds is 3. The average Bonchev–Trinajstić information content (AvgIpc) is 2.97. The smallest absolute Gasteiger partial charge is 0.157 e. The van der Waals surface area contributed by atoms with E-state index >= 15 is 0 Å². The van der Waals surface area contributed by atoms with E-state index < -0.39 is 14.6 Å². The van der Waals surface area contributed by atoms with Crippen molar-refractivity contribution in [3.63, 3.8) is 0 Å². The highest BCUT2D eigenvalue weighted by Gasteiger charge is 2.53. The van der Waals surface area contributed by atoms with Crippen molar-refractivity contribution in [1.29, 1.82) is 0 Å². The summed E-state index contributed by atoms with van der Waals surface area (Å²) in [5.74, 6) is 0. The van der Waals surface area contributed by atoms with E-state index in [2.05, 4.69) is 0 Å². The normalized spacial score (nSPS) is 20.4. The number of sulfone groups is 1. The van der Waals surface area contributed by atoms with E-state index in [-0.39, 0.29) is 6.04 Å². The Morgan fingerprint density at radius 1 is 1.25 bits per heavy atom. The monoisotopic (exact) mass is 239 g/mol. The van der Waals surface area contributed by atoms with E-state index in [9.17, 15) is 8.42 Å². The first-order chi connectivity index (χ1) is 7.37.